The third-order valence-electron chi connectivity index (χ3n) is 6.45. The minimum atomic E-state index is -3.87. The summed E-state index contributed by atoms with van der Waals surface area (Å²) in [6.07, 6.45) is 4.01. The molecule has 3 fully saturated rings. The number of nitrogens with one attached hydrogen (secondary N) is 1. The van der Waals surface area contributed by atoms with Crippen molar-refractivity contribution >= 4 is 35.1 Å². The Bertz CT molecular complexity index is 704. The van der Waals surface area contributed by atoms with Gasteiger partial charge in [0.1, 0.15) is 5.54 Å². The maximum Gasteiger partial charge on any atom is 0.451 e. The van der Waals surface area contributed by atoms with E-state index in [9.17, 15) is 18.3 Å². The quantitative estimate of drug-likeness (QED) is 0.250. The lowest BCUT2D eigenvalue weighted by molar-refractivity contribution is -0.144. The molecule has 3 rings (SSSR count). The summed E-state index contributed by atoms with van der Waals surface area (Å²) >= 11 is 1.81. The molecule has 0 spiro atoms. The van der Waals surface area contributed by atoms with Crippen LogP contribution in [0.1, 0.15) is 32.1 Å². The van der Waals surface area contributed by atoms with E-state index in [0.29, 0.717) is 32.5 Å². The second-order valence-corrected chi connectivity index (χ2v) is 11.9. The summed E-state index contributed by atoms with van der Waals surface area (Å²) in [5.74, 6) is -0.780. The highest BCUT2D eigenvalue weighted by molar-refractivity contribution is 8.00. The fourth-order valence-electron chi connectivity index (χ4n) is 4.42. The number of hydrogen-bond donors (Lipinski definition) is 5. The Morgan fingerprint density at radius 2 is 2.07 bits per heavy atom. The first-order valence-corrected chi connectivity index (χ1v) is 13.1. The smallest absolute Gasteiger partial charge is 0.451 e. The van der Waals surface area contributed by atoms with Crippen molar-refractivity contribution in [3.05, 3.63) is 0 Å². The lowest BCUT2D eigenvalue weighted by Crippen LogP contribution is -2.62. The van der Waals surface area contributed by atoms with Crippen molar-refractivity contribution in [3.8, 4) is 0 Å². The van der Waals surface area contributed by atoms with Gasteiger partial charge in [-0.2, -0.15) is 28.8 Å². The van der Waals surface area contributed by atoms with Crippen LogP contribution < -0.4 is 11.1 Å². The van der Waals surface area contributed by atoms with Gasteiger partial charge in [0.15, 0.2) is 0 Å². The summed E-state index contributed by atoms with van der Waals surface area (Å²) in [6.45, 7) is 1.37. The van der Waals surface area contributed by atoms with Gasteiger partial charge < -0.3 is 26.2 Å². The number of aliphatic carboxylic acids is 1. The van der Waals surface area contributed by atoms with Crippen molar-refractivity contribution < 1.29 is 28.4 Å². The topological polar surface area (TPSA) is 156 Å². The highest BCUT2D eigenvalue weighted by Crippen LogP contribution is 2.35. The molecule has 3 aliphatic heterocycles. The average molecular weight is 464 g/mol. The molecule has 0 aromatic carbocycles. The summed E-state index contributed by atoms with van der Waals surface area (Å²) in [5, 5.41) is 31.2. The van der Waals surface area contributed by atoms with Crippen LogP contribution in [0.3, 0.4) is 0 Å². The molecule has 0 aromatic heterocycles. The fraction of sp³-hybridized carbons (Fsp3) is 0.941. The molecule has 0 bridgehead atoms. The Labute approximate surface area is 182 Å². The van der Waals surface area contributed by atoms with Crippen molar-refractivity contribution in [2.45, 2.75) is 55.3 Å². The van der Waals surface area contributed by atoms with E-state index in [-0.39, 0.29) is 30.7 Å². The van der Waals surface area contributed by atoms with Gasteiger partial charge in [-0.25, -0.2) is 0 Å². The molecular formula is C17H33BN4O6S2. The molecule has 0 aliphatic carbocycles. The summed E-state index contributed by atoms with van der Waals surface area (Å²) in [4.78, 5) is 11.9. The van der Waals surface area contributed by atoms with Crippen molar-refractivity contribution in [1.29, 1.82) is 0 Å². The van der Waals surface area contributed by atoms with Crippen molar-refractivity contribution in [1.82, 2.24) is 13.9 Å². The highest BCUT2D eigenvalue weighted by atomic mass is 32.2. The summed E-state index contributed by atoms with van der Waals surface area (Å²) < 4.78 is 29.9. The zero-order valence-corrected chi connectivity index (χ0v) is 18.8. The van der Waals surface area contributed by atoms with Crippen LogP contribution in [0.25, 0.3) is 0 Å². The van der Waals surface area contributed by atoms with Crippen LogP contribution in [-0.4, -0.2) is 101 Å². The van der Waals surface area contributed by atoms with Crippen LogP contribution in [0, 0.1) is 5.92 Å². The van der Waals surface area contributed by atoms with E-state index in [1.807, 2.05) is 11.8 Å². The Kier molecular flexibility index (Phi) is 8.10. The van der Waals surface area contributed by atoms with Crippen LogP contribution in [0.4, 0.5) is 0 Å². The highest BCUT2D eigenvalue weighted by Gasteiger charge is 2.54. The van der Waals surface area contributed by atoms with Crippen LogP contribution in [0.15, 0.2) is 0 Å². The molecule has 1 unspecified atom stereocenters. The molecule has 0 saturated carbocycles. The maximum absolute atomic E-state index is 13.6. The van der Waals surface area contributed by atoms with E-state index in [2.05, 4.69) is 5.32 Å². The first-order valence-electron chi connectivity index (χ1n) is 10.6. The van der Waals surface area contributed by atoms with Crippen LogP contribution in [-0.2, 0) is 15.0 Å². The minimum Gasteiger partial charge on any atom is -0.480 e. The van der Waals surface area contributed by atoms with E-state index in [1.54, 1.807) is 4.31 Å². The van der Waals surface area contributed by atoms with Gasteiger partial charge in [0, 0.05) is 43.9 Å². The van der Waals surface area contributed by atoms with Gasteiger partial charge in [0.05, 0.1) is 6.04 Å². The van der Waals surface area contributed by atoms with Crippen LogP contribution >= 0.6 is 11.8 Å². The molecule has 0 aromatic rings. The second-order valence-electron chi connectivity index (χ2n) is 8.62. The predicted molar refractivity (Wildman–Crippen MR) is 116 cm³/mol. The van der Waals surface area contributed by atoms with Crippen molar-refractivity contribution in [2.24, 2.45) is 11.7 Å². The maximum atomic E-state index is 13.6. The zero-order valence-electron chi connectivity index (χ0n) is 17.1. The van der Waals surface area contributed by atoms with Crippen LogP contribution in [0.2, 0.25) is 6.32 Å². The van der Waals surface area contributed by atoms with Gasteiger partial charge in [0.2, 0.25) is 0 Å². The lowest BCUT2D eigenvalue weighted by atomic mass is 9.78. The molecule has 6 N–H and O–H groups in total. The Morgan fingerprint density at radius 3 is 2.60 bits per heavy atom. The van der Waals surface area contributed by atoms with E-state index in [1.165, 1.54) is 4.31 Å². The molecule has 172 valence electrons. The predicted octanol–water partition coefficient (Wildman–Crippen LogP) is -1.24. The second kappa shape index (κ2) is 10.0. The number of carbonyl (C=O) groups is 1. The number of nitrogens with zero attached hydrogens (tertiary/aromatic N) is 2. The summed E-state index contributed by atoms with van der Waals surface area (Å²) in [6, 6.07) is -0.127. The Morgan fingerprint density at radius 1 is 1.33 bits per heavy atom. The number of rotatable bonds is 10. The average Bonchev–Trinajstić information content (AvgIpc) is 2.99. The van der Waals surface area contributed by atoms with Gasteiger partial charge in [-0.1, -0.05) is 12.8 Å². The molecule has 0 radical (unpaired) electrons. The minimum absolute atomic E-state index is 0.0289. The molecule has 3 saturated heterocycles. The molecule has 10 nitrogen and oxygen atoms in total. The first-order chi connectivity index (χ1) is 14.1. The van der Waals surface area contributed by atoms with Gasteiger partial charge in [-0.3, -0.25) is 4.79 Å². The molecule has 0 amide bonds. The molecule has 3 aliphatic rings. The monoisotopic (exact) mass is 464 g/mol. The molecule has 13 heteroatoms. The number of hydrogen-bond acceptors (Lipinski definition) is 8. The summed E-state index contributed by atoms with van der Waals surface area (Å²) in [7, 11) is -5.34. The summed E-state index contributed by atoms with van der Waals surface area (Å²) in [5.41, 5.74) is 4.51. The number of carboxylic acids is 1. The van der Waals surface area contributed by atoms with Gasteiger partial charge in [0.25, 0.3) is 10.2 Å². The van der Waals surface area contributed by atoms with Gasteiger partial charge in [-0.15, -0.1) is 0 Å². The number of nitrogens with two attached hydrogens (primary N) is 1. The largest absolute Gasteiger partial charge is 0.480 e. The number of carboxylic acid groups (broad SMARTS) is 1. The van der Waals surface area contributed by atoms with E-state index in [4.69, 9.17) is 15.8 Å². The lowest BCUT2D eigenvalue weighted by Gasteiger charge is -2.41. The Hall–Kier alpha value is -0.405. The molecule has 3 heterocycles. The fourth-order valence-corrected chi connectivity index (χ4v) is 7.75. The van der Waals surface area contributed by atoms with Crippen molar-refractivity contribution in [3.63, 3.8) is 0 Å². The number of thioether (sulfide) groups is 1. The molecule has 30 heavy (non-hydrogen) atoms. The van der Waals surface area contributed by atoms with Crippen LogP contribution in [0.5, 0.6) is 0 Å². The standard InChI is InChI=1S/C17H33BN4O6S2/c19-17(16(23)24)12-21(10-13(17)4-3-6-18(25)26)30(27,28)22(14-8-20-9-14)11-15-5-1-2-7-29-15/h13-15,20,25-26H,1-12,19H2,(H,23,24)/t13-,15?,17-/m0/s1. The van der Waals surface area contributed by atoms with E-state index >= 15 is 0 Å². The first kappa shape index (κ1) is 24.2. The van der Waals surface area contributed by atoms with E-state index in [0.717, 1.165) is 25.0 Å². The third kappa shape index (κ3) is 5.32. The Balaban J connectivity index is 1.75. The van der Waals surface area contributed by atoms with Gasteiger partial charge >= 0.3 is 13.1 Å². The SMILES string of the molecule is N[C@@]1(C(=O)O)CN(S(=O)(=O)N(CC2CCCCS2)C2CNC2)C[C@@H]1CCCB(O)O. The van der Waals surface area contributed by atoms with Gasteiger partial charge in [-0.05, 0) is 31.3 Å². The third-order valence-corrected chi connectivity index (χ3v) is 9.80. The molecule has 3 atom stereocenters. The van der Waals surface area contributed by atoms with E-state index < -0.39 is 34.8 Å². The normalized spacial score (nSPS) is 31.1. The molecular weight excluding hydrogens is 431 g/mol. The zero-order chi connectivity index (χ0) is 21.9. The van der Waals surface area contributed by atoms with Crippen molar-refractivity contribution in [2.75, 3.05) is 38.5 Å².